The third-order valence-corrected chi connectivity index (χ3v) is 3.22. The number of rotatable bonds is 4. The van der Waals surface area contributed by atoms with Crippen molar-refractivity contribution in [2.24, 2.45) is 4.99 Å². The SMILES string of the molecule is CN(C)C(CNC1=NCCCN1)c1cccc(F)c1.I. The number of halogens is 2. The van der Waals surface area contributed by atoms with Crippen molar-refractivity contribution in [3.63, 3.8) is 0 Å². The summed E-state index contributed by atoms with van der Waals surface area (Å²) < 4.78 is 13.3. The smallest absolute Gasteiger partial charge is 0.191 e. The molecule has 2 N–H and O–H groups in total. The number of hydrogen-bond donors (Lipinski definition) is 2. The van der Waals surface area contributed by atoms with Gasteiger partial charge < -0.3 is 15.5 Å². The molecule has 0 saturated carbocycles. The quantitative estimate of drug-likeness (QED) is 0.771. The Hall–Kier alpha value is -0.890. The van der Waals surface area contributed by atoms with Gasteiger partial charge in [-0.25, -0.2) is 4.39 Å². The van der Waals surface area contributed by atoms with Gasteiger partial charge in [0.25, 0.3) is 0 Å². The van der Waals surface area contributed by atoms with E-state index < -0.39 is 0 Å². The Bertz CT molecular complexity index is 451. The summed E-state index contributed by atoms with van der Waals surface area (Å²) >= 11 is 0. The molecule has 4 nitrogen and oxygen atoms in total. The Morgan fingerprint density at radius 1 is 1.45 bits per heavy atom. The first-order chi connectivity index (χ1) is 9.16. The molecule has 1 atom stereocenters. The average Bonchev–Trinajstić information content (AvgIpc) is 2.40. The summed E-state index contributed by atoms with van der Waals surface area (Å²) in [5, 5.41) is 6.52. The van der Waals surface area contributed by atoms with Gasteiger partial charge in [-0.2, -0.15) is 0 Å². The Morgan fingerprint density at radius 2 is 2.25 bits per heavy atom. The molecule has 1 unspecified atom stereocenters. The second kappa shape index (κ2) is 8.41. The van der Waals surface area contributed by atoms with Gasteiger partial charge in [-0.05, 0) is 38.2 Å². The van der Waals surface area contributed by atoms with Crippen LogP contribution in [0.15, 0.2) is 29.3 Å². The highest BCUT2D eigenvalue weighted by molar-refractivity contribution is 14.0. The summed E-state index contributed by atoms with van der Waals surface area (Å²) in [6, 6.07) is 6.87. The number of nitrogens with zero attached hydrogens (tertiary/aromatic N) is 2. The third-order valence-electron chi connectivity index (χ3n) is 3.22. The lowest BCUT2D eigenvalue weighted by atomic mass is 10.1. The lowest BCUT2D eigenvalue weighted by Crippen LogP contribution is -2.44. The number of benzene rings is 1. The Kier molecular flexibility index (Phi) is 7.22. The molecule has 0 aromatic heterocycles. The summed E-state index contributed by atoms with van der Waals surface area (Å²) in [7, 11) is 3.99. The van der Waals surface area contributed by atoms with E-state index in [2.05, 4.69) is 20.5 Å². The van der Waals surface area contributed by atoms with E-state index in [-0.39, 0.29) is 35.8 Å². The summed E-state index contributed by atoms with van der Waals surface area (Å²) in [4.78, 5) is 6.45. The highest BCUT2D eigenvalue weighted by atomic mass is 127. The first-order valence-electron chi connectivity index (χ1n) is 6.61. The molecule has 1 aromatic carbocycles. The lowest BCUT2D eigenvalue weighted by Gasteiger charge is -2.26. The zero-order valence-electron chi connectivity index (χ0n) is 11.9. The Labute approximate surface area is 136 Å². The van der Waals surface area contributed by atoms with Gasteiger partial charge in [-0.1, -0.05) is 12.1 Å². The number of nitrogens with one attached hydrogen (secondary N) is 2. The predicted molar refractivity (Wildman–Crippen MR) is 91.2 cm³/mol. The third kappa shape index (κ3) is 4.90. The maximum Gasteiger partial charge on any atom is 0.191 e. The van der Waals surface area contributed by atoms with Gasteiger partial charge in [0.2, 0.25) is 0 Å². The van der Waals surface area contributed by atoms with Crippen molar-refractivity contribution in [2.75, 3.05) is 33.7 Å². The highest BCUT2D eigenvalue weighted by Gasteiger charge is 2.15. The zero-order valence-corrected chi connectivity index (χ0v) is 14.2. The fourth-order valence-electron chi connectivity index (χ4n) is 2.16. The molecular weight excluding hydrogens is 370 g/mol. The van der Waals surface area contributed by atoms with E-state index in [1.807, 2.05) is 20.2 Å². The van der Waals surface area contributed by atoms with Crippen LogP contribution in [0.5, 0.6) is 0 Å². The maximum absolute atomic E-state index is 13.3. The van der Waals surface area contributed by atoms with Gasteiger partial charge in [-0.15, -0.1) is 24.0 Å². The van der Waals surface area contributed by atoms with Crippen molar-refractivity contribution < 1.29 is 4.39 Å². The van der Waals surface area contributed by atoms with Crippen molar-refractivity contribution >= 4 is 29.9 Å². The Morgan fingerprint density at radius 3 is 2.85 bits per heavy atom. The van der Waals surface area contributed by atoms with Crippen LogP contribution in [0, 0.1) is 5.82 Å². The van der Waals surface area contributed by atoms with Crippen LogP contribution >= 0.6 is 24.0 Å². The molecule has 0 bridgehead atoms. The molecule has 2 rings (SSSR count). The van der Waals surface area contributed by atoms with Gasteiger partial charge in [0, 0.05) is 19.6 Å². The van der Waals surface area contributed by atoms with E-state index in [9.17, 15) is 4.39 Å². The normalized spacial score (nSPS) is 15.9. The number of aliphatic imine (C=N–C) groups is 1. The van der Waals surface area contributed by atoms with E-state index >= 15 is 0 Å². The first kappa shape index (κ1) is 17.2. The van der Waals surface area contributed by atoms with E-state index in [0.717, 1.165) is 31.0 Å². The minimum atomic E-state index is -0.197. The summed E-state index contributed by atoms with van der Waals surface area (Å²) in [5.41, 5.74) is 0.967. The minimum absolute atomic E-state index is 0. The molecule has 0 fully saturated rings. The number of hydrogen-bond acceptors (Lipinski definition) is 4. The fraction of sp³-hybridized carbons (Fsp3) is 0.500. The number of guanidine groups is 1. The van der Waals surface area contributed by atoms with Crippen molar-refractivity contribution in [2.45, 2.75) is 12.5 Å². The largest absolute Gasteiger partial charge is 0.356 e. The van der Waals surface area contributed by atoms with Gasteiger partial charge in [0.05, 0.1) is 6.04 Å². The van der Waals surface area contributed by atoms with Crippen LogP contribution < -0.4 is 10.6 Å². The Balaban J connectivity index is 0.00000200. The van der Waals surface area contributed by atoms with Crippen LogP contribution in [0.1, 0.15) is 18.0 Å². The van der Waals surface area contributed by atoms with Crippen LogP contribution in [0.25, 0.3) is 0 Å². The molecule has 0 aliphatic carbocycles. The van der Waals surface area contributed by atoms with Crippen LogP contribution in [-0.4, -0.2) is 44.6 Å². The molecule has 0 radical (unpaired) electrons. The van der Waals surface area contributed by atoms with E-state index in [1.54, 1.807) is 12.1 Å². The van der Waals surface area contributed by atoms with Crippen LogP contribution in [0.4, 0.5) is 4.39 Å². The topological polar surface area (TPSA) is 39.7 Å². The summed E-state index contributed by atoms with van der Waals surface area (Å²) in [6.07, 6.45) is 1.08. The first-order valence-corrected chi connectivity index (χ1v) is 6.61. The van der Waals surface area contributed by atoms with E-state index in [4.69, 9.17) is 0 Å². The predicted octanol–water partition coefficient (Wildman–Crippen LogP) is 1.99. The average molecular weight is 392 g/mol. The van der Waals surface area contributed by atoms with Crippen LogP contribution in [0.2, 0.25) is 0 Å². The molecule has 0 spiro atoms. The van der Waals surface area contributed by atoms with E-state index in [0.29, 0.717) is 6.54 Å². The lowest BCUT2D eigenvalue weighted by molar-refractivity contribution is 0.297. The molecule has 20 heavy (non-hydrogen) atoms. The van der Waals surface area contributed by atoms with Crippen molar-refractivity contribution in [1.29, 1.82) is 0 Å². The molecule has 1 aromatic rings. The molecule has 1 heterocycles. The van der Waals surface area contributed by atoms with Crippen molar-refractivity contribution in [3.05, 3.63) is 35.6 Å². The van der Waals surface area contributed by atoms with Gasteiger partial charge >= 0.3 is 0 Å². The fourth-order valence-corrected chi connectivity index (χ4v) is 2.16. The molecule has 1 aliphatic rings. The monoisotopic (exact) mass is 392 g/mol. The van der Waals surface area contributed by atoms with E-state index in [1.165, 1.54) is 6.07 Å². The van der Waals surface area contributed by atoms with Gasteiger partial charge in [0.1, 0.15) is 5.82 Å². The van der Waals surface area contributed by atoms with Crippen LogP contribution in [-0.2, 0) is 0 Å². The molecule has 1 aliphatic heterocycles. The van der Waals surface area contributed by atoms with Gasteiger partial charge in [-0.3, -0.25) is 4.99 Å². The van der Waals surface area contributed by atoms with Gasteiger partial charge in [0.15, 0.2) is 5.96 Å². The molecule has 6 heteroatoms. The van der Waals surface area contributed by atoms with Crippen molar-refractivity contribution in [3.8, 4) is 0 Å². The molecular formula is C14H22FIN4. The number of likely N-dealkylation sites (N-methyl/N-ethyl adjacent to an activating group) is 1. The summed E-state index contributed by atoms with van der Waals surface area (Å²) in [5.74, 6) is 0.645. The minimum Gasteiger partial charge on any atom is -0.356 e. The highest BCUT2D eigenvalue weighted by Crippen LogP contribution is 2.18. The molecule has 112 valence electrons. The summed E-state index contributed by atoms with van der Waals surface area (Å²) in [6.45, 7) is 2.52. The maximum atomic E-state index is 13.3. The zero-order chi connectivity index (χ0) is 13.7. The standard InChI is InChI=1S/C14H21FN4.HI/c1-19(2)13(11-5-3-6-12(15)9-11)10-18-14-16-7-4-8-17-14;/h3,5-6,9,13H,4,7-8,10H2,1-2H3,(H2,16,17,18);1H. The second-order valence-electron chi connectivity index (χ2n) is 4.93. The molecule has 0 amide bonds. The second-order valence-corrected chi connectivity index (χ2v) is 4.93. The van der Waals surface area contributed by atoms with Crippen molar-refractivity contribution in [1.82, 2.24) is 15.5 Å². The van der Waals surface area contributed by atoms with Crippen LogP contribution in [0.3, 0.4) is 0 Å². The molecule has 0 saturated heterocycles.